The van der Waals surface area contributed by atoms with E-state index in [1.165, 1.54) is 0 Å². The monoisotopic (exact) mass is 485 g/mol. The lowest BCUT2D eigenvalue weighted by Crippen LogP contribution is -2.49. The molecule has 1 aliphatic rings. The van der Waals surface area contributed by atoms with Crippen LogP contribution in [0.2, 0.25) is 5.02 Å². The van der Waals surface area contributed by atoms with Crippen molar-refractivity contribution in [2.24, 2.45) is 0 Å². The molecule has 1 saturated heterocycles. The molecule has 3 heterocycles. The molecule has 0 saturated carbocycles. The van der Waals surface area contributed by atoms with Crippen LogP contribution in [0.5, 0.6) is 0 Å². The van der Waals surface area contributed by atoms with Gasteiger partial charge in [0, 0.05) is 42.3 Å². The number of aromatic nitrogens is 3. The van der Waals surface area contributed by atoms with Crippen LogP contribution >= 0.6 is 11.6 Å². The highest BCUT2D eigenvalue weighted by atomic mass is 35.5. The van der Waals surface area contributed by atoms with Crippen molar-refractivity contribution in [1.82, 2.24) is 19.9 Å². The van der Waals surface area contributed by atoms with Gasteiger partial charge in [0.2, 0.25) is 11.8 Å². The fraction of sp³-hybridized carbons (Fsp3) is 0.154. The van der Waals surface area contributed by atoms with E-state index in [4.69, 9.17) is 16.0 Å². The molecule has 2 aromatic heterocycles. The lowest BCUT2D eigenvalue weighted by Gasteiger charge is -2.35. The molecule has 0 spiro atoms. The van der Waals surface area contributed by atoms with Gasteiger partial charge in [0.05, 0.1) is 10.9 Å². The number of aromatic amines is 1. The lowest BCUT2D eigenvalue weighted by molar-refractivity contribution is 0.0746. The molecule has 3 aromatic carbocycles. The van der Waals surface area contributed by atoms with Gasteiger partial charge in [-0.1, -0.05) is 29.8 Å². The number of rotatable bonds is 3. The standard InChI is InChI=1S/C26H20ClN5O3/c27-18-7-9-20-19(15-18)23(33)30-26(29-20)32-12-10-31(11-13-32)25(34)17-6-8-21-22(14-17)35-24(28-21)16-4-2-1-3-5-16/h1-9,14-15H,10-13H2,(H,29,30,33). The van der Waals surface area contributed by atoms with E-state index < -0.39 is 0 Å². The number of benzene rings is 3. The second-order valence-electron chi connectivity index (χ2n) is 8.40. The first-order valence-electron chi connectivity index (χ1n) is 11.2. The number of halogens is 1. The highest BCUT2D eigenvalue weighted by Gasteiger charge is 2.24. The average Bonchev–Trinajstić information content (AvgIpc) is 3.33. The van der Waals surface area contributed by atoms with E-state index in [-0.39, 0.29) is 11.5 Å². The summed E-state index contributed by atoms with van der Waals surface area (Å²) in [7, 11) is 0. The van der Waals surface area contributed by atoms with Crippen LogP contribution in [0, 0.1) is 0 Å². The maximum atomic E-state index is 13.2. The van der Waals surface area contributed by atoms with Crippen LogP contribution in [0.4, 0.5) is 5.95 Å². The number of anilines is 1. The number of fused-ring (bicyclic) bond motifs is 2. The van der Waals surface area contributed by atoms with Gasteiger partial charge in [-0.25, -0.2) is 9.97 Å². The van der Waals surface area contributed by atoms with Crippen molar-refractivity contribution in [2.45, 2.75) is 0 Å². The highest BCUT2D eigenvalue weighted by Crippen LogP contribution is 2.25. The molecule has 0 unspecified atom stereocenters. The molecule has 1 N–H and O–H groups in total. The number of amides is 1. The molecular weight excluding hydrogens is 466 g/mol. The Balaban J connectivity index is 1.18. The zero-order chi connectivity index (χ0) is 23.9. The second-order valence-corrected chi connectivity index (χ2v) is 8.83. The van der Waals surface area contributed by atoms with E-state index in [0.29, 0.717) is 70.6 Å². The molecule has 35 heavy (non-hydrogen) atoms. The number of hydrogen-bond acceptors (Lipinski definition) is 6. The fourth-order valence-electron chi connectivity index (χ4n) is 4.31. The number of nitrogens with one attached hydrogen (secondary N) is 1. The van der Waals surface area contributed by atoms with E-state index in [9.17, 15) is 9.59 Å². The number of oxazole rings is 1. The van der Waals surface area contributed by atoms with E-state index >= 15 is 0 Å². The molecule has 0 aliphatic carbocycles. The van der Waals surface area contributed by atoms with Gasteiger partial charge >= 0.3 is 0 Å². The molecule has 6 rings (SSSR count). The highest BCUT2D eigenvalue weighted by molar-refractivity contribution is 6.31. The predicted octanol–water partition coefficient (Wildman–Crippen LogP) is 4.35. The number of piperazine rings is 1. The summed E-state index contributed by atoms with van der Waals surface area (Å²) in [5, 5.41) is 0.942. The first-order valence-corrected chi connectivity index (χ1v) is 11.6. The second kappa shape index (κ2) is 8.56. The Hall–Kier alpha value is -4.17. The van der Waals surface area contributed by atoms with E-state index in [1.54, 1.807) is 35.2 Å². The van der Waals surface area contributed by atoms with E-state index in [0.717, 1.165) is 5.56 Å². The quantitative estimate of drug-likeness (QED) is 0.408. The van der Waals surface area contributed by atoms with Gasteiger partial charge in [-0.3, -0.25) is 14.6 Å². The topological polar surface area (TPSA) is 95.3 Å². The van der Waals surface area contributed by atoms with Crippen molar-refractivity contribution in [2.75, 3.05) is 31.1 Å². The van der Waals surface area contributed by atoms with Crippen molar-refractivity contribution in [3.63, 3.8) is 0 Å². The summed E-state index contributed by atoms with van der Waals surface area (Å²) in [4.78, 5) is 41.4. The molecule has 0 radical (unpaired) electrons. The predicted molar refractivity (Wildman–Crippen MR) is 135 cm³/mol. The first-order chi connectivity index (χ1) is 17.0. The zero-order valence-corrected chi connectivity index (χ0v) is 19.3. The Bertz CT molecular complexity index is 1620. The molecule has 9 heteroatoms. The molecule has 1 fully saturated rings. The molecule has 0 atom stereocenters. The van der Waals surface area contributed by atoms with Crippen molar-refractivity contribution >= 4 is 45.5 Å². The Morgan fingerprint density at radius 1 is 0.914 bits per heavy atom. The number of H-pyrrole nitrogens is 1. The normalized spacial score (nSPS) is 14.1. The van der Waals surface area contributed by atoms with Crippen molar-refractivity contribution in [3.05, 3.63) is 87.7 Å². The van der Waals surface area contributed by atoms with Crippen LogP contribution in [0.25, 0.3) is 33.5 Å². The number of carbonyl (C=O) groups is 1. The Morgan fingerprint density at radius 3 is 2.49 bits per heavy atom. The minimum Gasteiger partial charge on any atom is -0.436 e. The van der Waals surface area contributed by atoms with Crippen molar-refractivity contribution in [1.29, 1.82) is 0 Å². The zero-order valence-electron chi connectivity index (χ0n) is 18.6. The summed E-state index contributed by atoms with van der Waals surface area (Å²) in [5.41, 5.74) is 3.07. The Kier molecular flexibility index (Phi) is 5.22. The summed E-state index contributed by atoms with van der Waals surface area (Å²) in [6.07, 6.45) is 0. The van der Waals surface area contributed by atoms with Crippen molar-refractivity contribution < 1.29 is 9.21 Å². The number of nitrogens with zero attached hydrogens (tertiary/aromatic N) is 4. The molecule has 5 aromatic rings. The van der Waals surface area contributed by atoms with Crippen LogP contribution in [0.1, 0.15) is 10.4 Å². The third kappa shape index (κ3) is 4.02. The van der Waals surface area contributed by atoms with Crippen LogP contribution in [-0.4, -0.2) is 51.9 Å². The summed E-state index contributed by atoms with van der Waals surface area (Å²) in [6, 6.07) is 20.1. The molecular formula is C26H20ClN5O3. The van der Waals surface area contributed by atoms with Crippen LogP contribution in [0.15, 0.2) is 75.9 Å². The molecule has 0 bridgehead atoms. The summed E-state index contributed by atoms with van der Waals surface area (Å²) in [6.45, 7) is 2.11. The Morgan fingerprint density at radius 2 is 1.69 bits per heavy atom. The maximum Gasteiger partial charge on any atom is 0.260 e. The largest absolute Gasteiger partial charge is 0.436 e. The molecule has 1 aliphatic heterocycles. The SMILES string of the molecule is O=C(c1ccc2nc(-c3ccccc3)oc2c1)N1CCN(c2nc3ccc(Cl)cc3c(=O)[nH]2)CC1. The van der Waals surface area contributed by atoms with Crippen LogP contribution < -0.4 is 10.5 Å². The van der Waals surface area contributed by atoms with Gasteiger partial charge in [-0.15, -0.1) is 0 Å². The smallest absolute Gasteiger partial charge is 0.260 e. The first kappa shape index (κ1) is 21.4. The third-order valence-electron chi connectivity index (χ3n) is 6.18. The maximum absolute atomic E-state index is 13.2. The minimum atomic E-state index is -0.235. The van der Waals surface area contributed by atoms with Gasteiger partial charge < -0.3 is 14.2 Å². The van der Waals surface area contributed by atoms with Gasteiger partial charge in [-0.2, -0.15) is 0 Å². The number of carbonyl (C=O) groups excluding carboxylic acids is 1. The average molecular weight is 486 g/mol. The summed E-state index contributed by atoms with van der Waals surface area (Å²) >= 11 is 6.00. The molecule has 8 nitrogen and oxygen atoms in total. The third-order valence-corrected chi connectivity index (χ3v) is 6.41. The van der Waals surface area contributed by atoms with Crippen molar-refractivity contribution in [3.8, 4) is 11.5 Å². The fourth-order valence-corrected chi connectivity index (χ4v) is 4.49. The summed E-state index contributed by atoms with van der Waals surface area (Å²) < 4.78 is 5.92. The van der Waals surface area contributed by atoms with E-state index in [2.05, 4.69) is 15.0 Å². The van der Waals surface area contributed by atoms with Gasteiger partial charge in [0.15, 0.2) is 5.58 Å². The van der Waals surface area contributed by atoms with Crippen LogP contribution in [-0.2, 0) is 0 Å². The number of hydrogen-bond donors (Lipinski definition) is 1. The van der Waals surface area contributed by atoms with E-state index in [1.807, 2.05) is 41.3 Å². The molecule has 1 amide bonds. The lowest BCUT2D eigenvalue weighted by atomic mass is 10.1. The van der Waals surface area contributed by atoms with Gasteiger partial charge in [-0.05, 0) is 48.5 Å². The Labute approximate surface area is 204 Å². The van der Waals surface area contributed by atoms with Crippen LogP contribution in [0.3, 0.4) is 0 Å². The summed E-state index contributed by atoms with van der Waals surface area (Å²) in [5.74, 6) is 0.949. The van der Waals surface area contributed by atoms with Gasteiger partial charge in [0.25, 0.3) is 11.5 Å². The minimum absolute atomic E-state index is 0.0705. The molecule has 174 valence electrons. The van der Waals surface area contributed by atoms with Gasteiger partial charge in [0.1, 0.15) is 5.52 Å².